The van der Waals surface area contributed by atoms with Crippen molar-refractivity contribution in [1.29, 1.82) is 0 Å². The van der Waals surface area contributed by atoms with Gasteiger partial charge in [-0.15, -0.1) is 0 Å². The maximum absolute atomic E-state index is 13.0. The normalized spacial score (nSPS) is 32.3. The first-order chi connectivity index (χ1) is 12.4. The number of rotatable bonds is 2. The number of pyridine rings is 1. The number of nitrogens with zero attached hydrogens (tertiary/aromatic N) is 2. The molecule has 0 radical (unpaired) electrons. The number of hydrogen-bond acceptors (Lipinski definition) is 6. The molecule has 1 spiro atoms. The molecular weight excluding hydrogens is 354 g/mol. The average Bonchev–Trinajstić information content (AvgIpc) is 3.37. The third kappa shape index (κ3) is 3.11. The molecule has 4 rings (SSSR count). The molecule has 1 atom stereocenters. The first-order valence-electron chi connectivity index (χ1n) is 9.02. The molecule has 1 aromatic rings. The van der Waals surface area contributed by atoms with Crippen molar-refractivity contribution in [2.24, 2.45) is 15.7 Å². The fourth-order valence-electron chi connectivity index (χ4n) is 4.09. The molecule has 26 heavy (non-hydrogen) atoms. The van der Waals surface area contributed by atoms with Crippen molar-refractivity contribution >= 4 is 27.4 Å². The monoisotopic (exact) mass is 377 g/mol. The van der Waals surface area contributed by atoms with E-state index in [1.165, 1.54) is 13.3 Å². The number of amides is 1. The minimum atomic E-state index is -2.57. The van der Waals surface area contributed by atoms with E-state index in [1.807, 2.05) is 6.07 Å². The Labute approximate surface area is 153 Å². The van der Waals surface area contributed by atoms with E-state index >= 15 is 0 Å². The van der Waals surface area contributed by atoms with Crippen LogP contribution in [0.25, 0.3) is 0 Å². The highest BCUT2D eigenvalue weighted by Crippen LogP contribution is 2.60. The zero-order valence-corrected chi connectivity index (χ0v) is 15.6. The number of aryl methyl sites for hydroxylation is 1. The minimum Gasteiger partial charge on any atom is -0.469 e. The molecule has 0 bridgehead atoms. The summed E-state index contributed by atoms with van der Waals surface area (Å²) in [6.07, 6.45) is 5.51. The van der Waals surface area contributed by atoms with Gasteiger partial charge in [-0.25, -0.2) is 9.19 Å². The molecule has 3 aliphatic rings. The molecule has 2 fully saturated rings. The maximum Gasteiger partial charge on any atom is 0.309 e. The van der Waals surface area contributed by atoms with Crippen molar-refractivity contribution in [1.82, 2.24) is 4.98 Å². The van der Waals surface area contributed by atoms with E-state index in [0.717, 1.165) is 37.2 Å². The lowest BCUT2D eigenvalue weighted by Crippen LogP contribution is -2.28. The van der Waals surface area contributed by atoms with Gasteiger partial charge in [0.05, 0.1) is 28.3 Å². The Morgan fingerprint density at radius 3 is 2.88 bits per heavy atom. The largest absolute Gasteiger partial charge is 0.469 e. The Morgan fingerprint density at radius 2 is 2.15 bits per heavy atom. The van der Waals surface area contributed by atoms with Crippen LogP contribution in [0.15, 0.2) is 16.6 Å². The van der Waals surface area contributed by atoms with Crippen molar-refractivity contribution in [2.75, 3.05) is 30.5 Å². The van der Waals surface area contributed by atoms with Crippen molar-refractivity contribution in [3.63, 3.8) is 0 Å². The van der Waals surface area contributed by atoms with Gasteiger partial charge in [0.2, 0.25) is 0 Å². The van der Waals surface area contributed by atoms with Gasteiger partial charge in [-0.05, 0) is 49.1 Å². The highest BCUT2D eigenvalue weighted by molar-refractivity contribution is 7.93. The van der Waals surface area contributed by atoms with Crippen LogP contribution in [-0.2, 0) is 25.7 Å². The lowest BCUT2D eigenvalue weighted by atomic mass is 9.96. The third-order valence-electron chi connectivity index (χ3n) is 5.89. The topological polar surface area (TPSA) is 97.7 Å². The number of carbonyl (C=O) groups is 2. The zero-order chi connectivity index (χ0) is 18.4. The first kappa shape index (κ1) is 17.5. The van der Waals surface area contributed by atoms with E-state index in [2.05, 4.69) is 14.7 Å². The van der Waals surface area contributed by atoms with Crippen molar-refractivity contribution in [3.8, 4) is 0 Å². The van der Waals surface area contributed by atoms with Crippen LogP contribution in [0.3, 0.4) is 0 Å². The first-order valence-corrected chi connectivity index (χ1v) is 10.9. The molecule has 8 heteroatoms. The molecule has 3 heterocycles. The van der Waals surface area contributed by atoms with Crippen LogP contribution < -0.4 is 5.32 Å². The summed E-state index contributed by atoms with van der Waals surface area (Å²) in [5, 5.41) is 3.20. The third-order valence-corrected chi connectivity index (χ3v) is 8.07. The number of ether oxygens (including phenoxy) is 1. The molecule has 1 saturated carbocycles. The van der Waals surface area contributed by atoms with Crippen LogP contribution in [0.1, 0.15) is 41.6 Å². The van der Waals surface area contributed by atoms with Gasteiger partial charge in [0, 0.05) is 24.2 Å². The fourth-order valence-corrected chi connectivity index (χ4v) is 6.33. The second-order valence-electron chi connectivity index (χ2n) is 7.48. The summed E-state index contributed by atoms with van der Waals surface area (Å²) in [6, 6.07) is 1.81. The Hall–Kier alpha value is -1.96. The zero-order valence-electron chi connectivity index (χ0n) is 14.8. The number of carbonyl (C=O) groups excluding carboxylic acids is 2. The van der Waals surface area contributed by atoms with E-state index in [9.17, 15) is 13.8 Å². The molecular formula is C18H23N3O4S. The molecule has 7 nitrogen and oxygen atoms in total. The highest BCUT2D eigenvalue weighted by Gasteiger charge is 2.59. The molecule has 1 unspecified atom stereocenters. The number of aromatic nitrogens is 1. The summed E-state index contributed by atoms with van der Waals surface area (Å²) in [7, 11) is -1.17. The fraction of sp³-hybridized carbons (Fsp3) is 0.611. The lowest BCUT2D eigenvalue weighted by Gasteiger charge is -2.24. The number of hydrogen-bond donors (Lipinski definition) is 1. The highest BCUT2D eigenvalue weighted by atomic mass is 32.2. The summed E-state index contributed by atoms with van der Waals surface area (Å²) in [6.45, 7) is 0.889. The molecule has 2 aliphatic heterocycles. The molecule has 1 N–H and O–H groups in total. The molecule has 1 amide bonds. The predicted molar refractivity (Wildman–Crippen MR) is 97.5 cm³/mol. The van der Waals surface area contributed by atoms with Crippen molar-refractivity contribution in [3.05, 3.63) is 23.4 Å². The number of anilines is 1. The van der Waals surface area contributed by atoms with Crippen LogP contribution in [0.2, 0.25) is 0 Å². The summed E-state index contributed by atoms with van der Waals surface area (Å²) in [5.41, 5.74) is 1.33. The van der Waals surface area contributed by atoms with Crippen LogP contribution in [0, 0.1) is 11.3 Å². The summed E-state index contributed by atoms with van der Waals surface area (Å²) < 4.78 is 21.9. The van der Waals surface area contributed by atoms with Gasteiger partial charge in [-0.2, -0.15) is 4.36 Å². The van der Waals surface area contributed by atoms with Crippen molar-refractivity contribution < 1.29 is 18.5 Å². The Morgan fingerprint density at radius 1 is 1.38 bits per heavy atom. The van der Waals surface area contributed by atoms with E-state index in [4.69, 9.17) is 4.74 Å². The van der Waals surface area contributed by atoms with Gasteiger partial charge in [0.25, 0.3) is 5.91 Å². The molecule has 1 aromatic heterocycles. The number of methoxy groups -OCH3 is 1. The summed E-state index contributed by atoms with van der Waals surface area (Å²) >= 11 is 0. The second-order valence-corrected chi connectivity index (χ2v) is 10.0. The van der Waals surface area contributed by atoms with Gasteiger partial charge in [-0.3, -0.25) is 9.59 Å². The predicted octanol–water partition coefficient (Wildman–Crippen LogP) is 2.02. The minimum absolute atomic E-state index is 0.0778. The molecule has 1 saturated heterocycles. The molecule has 1 aliphatic carbocycles. The Balaban J connectivity index is 1.48. The second kappa shape index (κ2) is 6.33. The average molecular weight is 377 g/mol. The lowest BCUT2D eigenvalue weighted by molar-refractivity contribution is -0.143. The van der Waals surface area contributed by atoms with E-state index < -0.39 is 15.6 Å². The van der Waals surface area contributed by atoms with Gasteiger partial charge >= 0.3 is 5.97 Å². The van der Waals surface area contributed by atoms with Crippen LogP contribution in [-0.4, -0.2) is 46.2 Å². The quantitative estimate of drug-likeness (QED) is 0.792. The van der Waals surface area contributed by atoms with Gasteiger partial charge in [-0.1, -0.05) is 0 Å². The SMILES string of the molecule is COC(=O)C1CC12CCS(=O)(=NC(=O)c1cnc3c(c1)CCCN3)CC2. The van der Waals surface area contributed by atoms with E-state index in [0.29, 0.717) is 29.9 Å². The van der Waals surface area contributed by atoms with E-state index in [1.54, 1.807) is 0 Å². The smallest absolute Gasteiger partial charge is 0.309 e. The summed E-state index contributed by atoms with van der Waals surface area (Å²) in [4.78, 5) is 28.5. The van der Waals surface area contributed by atoms with E-state index in [-0.39, 0.29) is 17.3 Å². The van der Waals surface area contributed by atoms with Crippen LogP contribution in [0.5, 0.6) is 0 Å². The summed E-state index contributed by atoms with van der Waals surface area (Å²) in [5.74, 6) is 0.842. The van der Waals surface area contributed by atoms with Gasteiger partial charge < -0.3 is 10.1 Å². The number of fused-ring (bicyclic) bond motifs is 1. The van der Waals surface area contributed by atoms with Gasteiger partial charge in [0.15, 0.2) is 0 Å². The van der Waals surface area contributed by atoms with Crippen LogP contribution >= 0.6 is 0 Å². The standard InChI is InChI=1S/C18H23N3O4S/c1-25-17(23)14-10-18(14)4-7-26(24,8-5-18)21-16(22)13-9-12-3-2-6-19-15(12)20-11-13/h9,11,14H,2-8,10H2,1H3,(H,19,20). The molecule has 0 aromatic carbocycles. The number of esters is 1. The Kier molecular flexibility index (Phi) is 4.25. The maximum atomic E-state index is 13.0. The van der Waals surface area contributed by atoms with Gasteiger partial charge in [0.1, 0.15) is 5.82 Å². The van der Waals surface area contributed by atoms with Crippen LogP contribution in [0.4, 0.5) is 5.82 Å². The van der Waals surface area contributed by atoms with Crippen molar-refractivity contribution in [2.45, 2.75) is 32.1 Å². The Bertz CT molecular complexity index is 874. The number of nitrogens with one attached hydrogen (secondary N) is 1. The molecule has 140 valence electrons.